The van der Waals surface area contributed by atoms with Crippen LogP contribution < -0.4 is 5.32 Å². The number of amides is 1. The zero-order valence-electron chi connectivity index (χ0n) is 11.8. The van der Waals surface area contributed by atoms with E-state index in [9.17, 15) is 9.59 Å². The second kappa shape index (κ2) is 8.51. The third kappa shape index (κ3) is 5.09. The first-order valence-electron chi connectivity index (χ1n) is 6.44. The molecule has 1 amide bonds. The molecule has 0 saturated heterocycles. The monoisotopic (exact) mass is 349 g/mol. The number of carboxylic acid groups (broad SMARTS) is 1. The zero-order chi connectivity index (χ0) is 16.0. The fraction of sp³-hybridized carbons (Fsp3) is 0.429. The van der Waals surface area contributed by atoms with Crippen LogP contribution in [-0.4, -0.2) is 29.8 Å². The highest BCUT2D eigenvalue weighted by Crippen LogP contribution is 2.31. The van der Waals surface area contributed by atoms with E-state index in [0.29, 0.717) is 17.0 Å². The summed E-state index contributed by atoms with van der Waals surface area (Å²) in [7, 11) is 0. The van der Waals surface area contributed by atoms with E-state index in [-0.39, 0.29) is 11.6 Å². The summed E-state index contributed by atoms with van der Waals surface area (Å²) < 4.78 is 0. The van der Waals surface area contributed by atoms with Gasteiger partial charge in [-0.2, -0.15) is 0 Å². The van der Waals surface area contributed by atoms with Crippen LogP contribution in [0.5, 0.6) is 0 Å². The summed E-state index contributed by atoms with van der Waals surface area (Å²) in [4.78, 5) is 23.9. The van der Waals surface area contributed by atoms with Crippen LogP contribution >= 0.6 is 35.0 Å². The first kappa shape index (κ1) is 18.1. The van der Waals surface area contributed by atoms with Crippen LogP contribution in [0.25, 0.3) is 0 Å². The molecule has 0 bridgehead atoms. The Morgan fingerprint density at radius 3 is 2.52 bits per heavy atom. The van der Waals surface area contributed by atoms with Crippen LogP contribution in [0.4, 0.5) is 0 Å². The van der Waals surface area contributed by atoms with Gasteiger partial charge in [0.15, 0.2) is 0 Å². The molecule has 21 heavy (non-hydrogen) atoms. The van der Waals surface area contributed by atoms with Crippen LogP contribution in [-0.2, 0) is 4.79 Å². The van der Waals surface area contributed by atoms with E-state index in [1.807, 2.05) is 13.2 Å². The number of benzene rings is 1. The van der Waals surface area contributed by atoms with Crippen molar-refractivity contribution in [1.29, 1.82) is 0 Å². The first-order chi connectivity index (χ1) is 9.90. The van der Waals surface area contributed by atoms with Crippen LogP contribution in [0, 0.1) is 5.92 Å². The van der Waals surface area contributed by atoms with Gasteiger partial charge in [0.2, 0.25) is 0 Å². The highest BCUT2D eigenvalue weighted by molar-refractivity contribution is 7.98. The lowest BCUT2D eigenvalue weighted by Gasteiger charge is -2.13. The average Bonchev–Trinajstić information content (AvgIpc) is 2.43. The Kier molecular flexibility index (Phi) is 7.35. The van der Waals surface area contributed by atoms with Gasteiger partial charge in [0.25, 0.3) is 5.91 Å². The summed E-state index contributed by atoms with van der Waals surface area (Å²) in [6, 6.07) is 3.13. The molecule has 1 aromatic rings. The molecule has 1 rings (SSSR count). The fourth-order valence-corrected chi connectivity index (χ4v) is 3.02. The summed E-state index contributed by atoms with van der Waals surface area (Å²) in [5, 5.41) is 12.4. The second-order valence-electron chi connectivity index (χ2n) is 4.50. The highest BCUT2D eigenvalue weighted by atomic mass is 35.5. The van der Waals surface area contributed by atoms with Crippen molar-refractivity contribution in [2.45, 2.75) is 24.7 Å². The van der Waals surface area contributed by atoms with Crippen LogP contribution in [0.15, 0.2) is 17.0 Å². The largest absolute Gasteiger partial charge is 0.481 e. The molecule has 0 aliphatic heterocycles. The lowest BCUT2D eigenvalue weighted by atomic mass is 10.0. The van der Waals surface area contributed by atoms with E-state index in [1.165, 1.54) is 17.8 Å². The molecule has 0 aromatic heterocycles. The van der Waals surface area contributed by atoms with Crippen molar-refractivity contribution in [1.82, 2.24) is 5.32 Å². The molecule has 1 unspecified atom stereocenters. The standard InChI is InChI=1S/C14H17Cl2NO3S/c1-3-4-8(14(19)20)7-17-13(18)9-5-12(21-2)11(16)6-10(9)15/h5-6,8H,3-4,7H2,1-2H3,(H,17,18)(H,19,20). The van der Waals surface area contributed by atoms with E-state index in [0.717, 1.165) is 11.3 Å². The molecule has 7 heteroatoms. The average molecular weight is 350 g/mol. The Hall–Kier alpha value is -0.910. The third-order valence-corrected chi connectivity index (χ3v) is 4.50. The molecule has 0 saturated carbocycles. The molecule has 0 radical (unpaired) electrons. The van der Waals surface area contributed by atoms with Gasteiger partial charge in [-0.25, -0.2) is 0 Å². The van der Waals surface area contributed by atoms with Crippen molar-refractivity contribution in [2.75, 3.05) is 12.8 Å². The maximum absolute atomic E-state index is 12.1. The van der Waals surface area contributed by atoms with Gasteiger partial charge in [0, 0.05) is 11.4 Å². The van der Waals surface area contributed by atoms with Crippen molar-refractivity contribution in [3.05, 3.63) is 27.7 Å². The van der Waals surface area contributed by atoms with Gasteiger partial charge in [0.05, 0.1) is 21.5 Å². The summed E-state index contributed by atoms with van der Waals surface area (Å²) in [6.07, 6.45) is 3.10. The molecule has 1 atom stereocenters. The smallest absolute Gasteiger partial charge is 0.308 e. The molecular weight excluding hydrogens is 333 g/mol. The van der Waals surface area contributed by atoms with Gasteiger partial charge in [-0.3, -0.25) is 9.59 Å². The fourth-order valence-electron chi connectivity index (χ4n) is 1.83. The SMILES string of the molecule is CCCC(CNC(=O)c1cc(SC)c(Cl)cc1Cl)C(=O)O. The third-order valence-electron chi connectivity index (χ3n) is 2.98. The summed E-state index contributed by atoms with van der Waals surface area (Å²) >= 11 is 13.4. The number of carbonyl (C=O) groups is 2. The molecule has 0 aliphatic carbocycles. The molecule has 0 spiro atoms. The quantitative estimate of drug-likeness (QED) is 0.731. The van der Waals surface area contributed by atoms with Crippen molar-refractivity contribution < 1.29 is 14.7 Å². The maximum atomic E-state index is 12.1. The van der Waals surface area contributed by atoms with E-state index in [1.54, 1.807) is 6.07 Å². The Balaban J connectivity index is 2.82. The zero-order valence-corrected chi connectivity index (χ0v) is 14.1. The molecule has 2 N–H and O–H groups in total. The topological polar surface area (TPSA) is 66.4 Å². The summed E-state index contributed by atoms with van der Waals surface area (Å²) in [5.74, 6) is -1.90. The number of aliphatic carboxylic acids is 1. The minimum atomic E-state index is -0.913. The summed E-state index contributed by atoms with van der Waals surface area (Å²) in [6.45, 7) is 1.98. The van der Waals surface area contributed by atoms with E-state index < -0.39 is 17.8 Å². The number of carbonyl (C=O) groups excluding carboxylic acids is 1. The highest BCUT2D eigenvalue weighted by Gasteiger charge is 2.19. The molecule has 0 heterocycles. The molecule has 0 fully saturated rings. The minimum absolute atomic E-state index is 0.0789. The Labute approximate surface area is 138 Å². The lowest BCUT2D eigenvalue weighted by molar-refractivity contribution is -0.141. The Morgan fingerprint density at radius 1 is 1.33 bits per heavy atom. The lowest BCUT2D eigenvalue weighted by Crippen LogP contribution is -2.33. The molecular formula is C14H17Cl2NO3S. The van der Waals surface area contributed by atoms with Crippen LogP contribution in [0.2, 0.25) is 10.0 Å². The van der Waals surface area contributed by atoms with Crippen molar-refractivity contribution in [2.24, 2.45) is 5.92 Å². The van der Waals surface area contributed by atoms with Crippen LogP contribution in [0.1, 0.15) is 30.1 Å². The minimum Gasteiger partial charge on any atom is -0.481 e. The predicted octanol–water partition coefficient (Wildman–Crippen LogP) is 3.95. The van der Waals surface area contributed by atoms with Gasteiger partial charge >= 0.3 is 5.97 Å². The summed E-state index contributed by atoms with van der Waals surface area (Å²) in [5.41, 5.74) is 0.297. The Bertz CT molecular complexity index is 537. The van der Waals surface area contributed by atoms with Crippen molar-refractivity contribution in [3.63, 3.8) is 0 Å². The van der Waals surface area contributed by atoms with Gasteiger partial charge < -0.3 is 10.4 Å². The molecule has 1 aromatic carbocycles. The van der Waals surface area contributed by atoms with Gasteiger partial charge in [-0.1, -0.05) is 36.5 Å². The number of nitrogens with one attached hydrogen (secondary N) is 1. The molecule has 116 valence electrons. The number of halogens is 2. The molecule has 4 nitrogen and oxygen atoms in total. The Morgan fingerprint density at radius 2 is 2.00 bits per heavy atom. The molecule has 0 aliphatic rings. The maximum Gasteiger partial charge on any atom is 0.308 e. The number of thioether (sulfide) groups is 1. The predicted molar refractivity (Wildman–Crippen MR) is 86.6 cm³/mol. The van der Waals surface area contributed by atoms with Crippen molar-refractivity contribution in [3.8, 4) is 0 Å². The van der Waals surface area contributed by atoms with E-state index >= 15 is 0 Å². The first-order valence-corrected chi connectivity index (χ1v) is 8.42. The van der Waals surface area contributed by atoms with Crippen LogP contribution in [0.3, 0.4) is 0 Å². The number of carboxylic acids is 1. The van der Waals surface area contributed by atoms with Gasteiger partial charge in [0.1, 0.15) is 0 Å². The number of hydrogen-bond acceptors (Lipinski definition) is 3. The number of rotatable bonds is 7. The van der Waals surface area contributed by atoms with Crippen molar-refractivity contribution >= 4 is 46.8 Å². The van der Waals surface area contributed by atoms with Gasteiger partial charge in [-0.15, -0.1) is 11.8 Å². The number of hydrogen-bond donors (Lipinski definition) is 2. The van der Waals surface area contributed by atoms with E-state index in [4.69, 9.17) is 28.3 Å². The van der Waals surface area contributed by atoms with Gasteiger partial charge in [-0.05, 0) is 24.8 Å². The normalized spacial score (nSPS) is 12.0. The second-order valence-corrected chi connectivity index (χ2v) is 6.16. The van der Waals surface area contributed by atoms with E-state index in [2.05, 4.69) is 5.32 Å².